The summed E-state index contributed by atoms with van der Waals surface area (Å²) >= 11 is 1.54. The highest BCUT2D eigenvalue weighted by Gasteiger charge is 2.14. The first-order valence-electron chi connectivity index (χ1n) is 7.58. The number of thiazole rings is 1. The molecule has 0 radical (unpaired) electrons. The van der Waals surface area contributed by atoms with E-state index in [1.807, 2.05) is 25.5 Å². The summed E-state index contributed by atoms with van der Waals surface area (Å²) in [6, 6.07) is 6.12. The molecule has 0 fully saturated rings. The molecule has 0 bridgehead atoms. The van der Waals surface area contributed by atoms with E-state index in [0.717, 1.165) is 10.2 Å². The molecule has 5 nitrogen and oxygen atoms in total. The summed E-state index contributed by atoms with van der Waals surface area (Å²) in [4.78, 5) is 17.6. The van der Waals surface area contributed by atoms with Gasteiger partial charge in [-0.3, -0.25) is 9.48 Å². The second kappa shape index (κ2) is 5.77. The first kappa shape index (κ1) is 15.7. The van der Waals surface area contributed by atoms with E-state index in [1.54, 1.807) is 16.9 Å². The summed E-state index contributed by atoms with van der Waals surface area (Å²) in [5.74, 6) is -0.257. The van der Waals surface area contributed by atoms with Crippen LogP contribution in [0.1, 0.15) is 41.5 Å². The van der Waals surface area contributed by atoms with E-state index in [-0.39, 0.29) is 11.9 Å². The molecule has 0 aliphatic rings. The molecule has 120 valence electrons. The Balaban J connectivity index is 2.14. The van der Waals surface area contributed by atoms with Crippen LogP contribution in [-0.4, -0.2) is 20.3 Å². The summed E-state index contributed by atoms with van der Waals surface area (Å²) < 4.78 is 4.84. The number of carbonyl (C=O) groups excluding carboxylic acids is 1. The molecule has 1 amide bonds. The van der Waals surface area contributed by atoms with Gasteiger partial charge in [-0.15, -0.1) is 0 Å². The van der Waals surface area contributed by atoms with Crippen molar-refractivity contribution in [2.75, 3.05) is 0 Å². The van der Waals surface area contributed by atoms with Crippen molar-refractivity contribution in [3.8, 4) is 0 Å². The molecule has 3 rings (SSSR count). The molecular formula is C17H20N4OS. The van der Waals surface area contributed by atoms with Crippen LogP contribution >= 0.6 is 11.3 Å². The van der Waals surface area contributed by atoms with Crippen LogP contribution in [0.5, 0.6) is 0 Å². The number of aromatic nitrogens is 3. The van der Waals surface area contributed by atoms with Crippen LogP contribution < -0.4 is 4.80 Å². The largest absolute Gasteiger partial charge is 0.319 e. The summed E-state index contributed by atoms with van der Waals surface area (Å²) in [6.07, 6.45) is 1.64. The third-order valence-electron chi connectivity index (χ3n) is 3.81. The van der Waals surface area contributed by atoms with E-state index in [0.29, 0.717) is 10.5 Å². The Morgan fingerprint density at radius 3 is 2.74 bits per heavy atom. The highest BCUT2D eigenvalue weighted by molar-refractivity contribution is 7.16. The molecular weight excluding hydrogens is 308 g/mol. The Kier molecular flexibility index (Phi) is 3.93. The normalized spacial score (nSPS) is 12.5. The molecule has 6 heteroatoms. The molecule has 0 aliphatic carbocycles. The van der Waals surface area contributed by atoms with E-state index in [4.69, 9.17) is 0 Å². The van der Waals surface area contributed by atoms with Crippen molar-refractivity contribution in [3.05, 3.63) is 46.0 Å². The molecule has 3 aromatic rings. The van der Waals surface area contributed by atoms with Gasteiger partial charge < -0.3 is 4.57 Å². The lowest BCUT2D eigenvalue weighted by atomic mass is 10.1. The van der Waals surface area contributed by atoms with Crippen LogP contribution in [0.3, 0.4) is 0 Å². The minimum absolute atomic E-state index is 0.125. The molecule has 2 heterocycles. The summed E-state index contributed by atoms with van der Waals surface area (Å²) in [5, 5.41) is 4.20. The van der Waals surface area contributed by atoms with Crippen molar-refractivity contribution < 1.29 is 4.79 Å². The van der Waals surface area contributed by atoms with Crippen LogP contribution in [0.25, 0.3) is 10.2 Å². The van der Waals surface area contributed by atoms with Crippen LogP contribution in [0, 0.1) is 13.8 Å². The zero-order valence-electron chi connectivity index (χ0n) is 14.0. The van der Waals surface area contributed by atoms with Gasteiger partial charge in [0.15, 0.2) is 4.80 Å². The SMILES string of the molecule is Cc1cc(C)c2c(c1)sc(=NC(=O)c1ccnn1C(C)C)n2C. The average Bonchev–Trinajstić information content (AvgIpc) is 3.04. The number of benzene rings is 1. The van der Waals surface area contributed by atoms with Crippen LogP contribution in [0.15, 0.2) is 29.4 Å². The minimum atomic E-state index is -0.257. The third kappa shape index (κ3) is 2.74. The first-order valence-corrected chi connectivity index (χ1v) is 8.39. The number of nitrogens with zero attached hydrogens (tertiary/aromatic N) is 4. The maximum absolute atomic E-state index is 12.5. The molecule has 0 aliphatic heterocycles. The number of hydrogen-bond donors (Lipinski definition) is 0. The molecule has 0 N–H and O–H groups in total. The van der Waals surface area contributed by atoms with Crippen molar-refractivity contribution in [3.63, 3.8) is 0 Å². The Labute approximate surface area is 138 Å². The van der Waals surface area contributed by atoms with Gasteiger partial charge in [0.2, 0.25) is 0 Å². The Morgan fingerprint density at radius 2 is 2.04 bits per heavy atom. The number of amides is 1. The number of fused-ring (bicyclic) bond motifs is 1. The topological polar surface area (TPSA) is 52.2 Å². The van der Waals surface area contributed by atoms with Crippen molar-refractivity contribution >= 4 is 27.5 Å². The van der Waals surface area contributed by atoms with E-state index in [1.165, 1.54) is 22.5 Å². The molecule has 23 heavy (non-hydrogen) atoms. The smallest absolute Gasteiger partial charge is 0.297 e. The van der Waals surface area contributed by atoms with Gasteiger partial charge in [0.1, 0.15) is 5.69 Å². The summed E-state index contributed by atoms with van der Waals surface area (Å²) in [7, 11) is 1.95. The number of aryl methyl sites for hydroxylation is 3. The Hall–Kier alpha value is -2.21. The van der Waals surface area contributed by atoms with E-state index in [2.05, 4.69) is 36.1 Å². The van der Waals surface area contributed by atoms with Gasteiger partial charge in [0.05, 0.1) is 10.2 Å². The first-order chi connectivity index (χ1) is 10.9. The average molecular weight is 328 g/mol. The Bertz CT molecular complexity index is 959. The van der Waals surface area contributed by atoms with Gasteiger partial charge in [-0.2, -0.15) is 10.1 Å². The van der Waals surface area contributed by atoms with Gasteiger partial charge in [0.25, 0.3) is 5.91 Å². The molecule has 2 aromatic heterocycles. The van der Waals surface area contributed by atoms with Crippen molar-refractivity contribution in [2.45, 2.75) is 33.7 Å². The lowest BCUT2D eigenvalue weighted by Gasteiger charge is -2.07. The maximum atomic E-state index is 12.5. The quantitative estimate of drug-likeness (QED) is 0.724. The molecule has 0 saturated heterocycles. The number of hydrogen-bond acceptors (Lipinski definition) is 3. The highest BCUT2D eigenvalue weighted by Crippen LogP contribution is 2.22. The molecule has 1 aromatic carbocycles. The van der Waals surface area contributed by atoms with Gasteiger partial charge in [-0.25, -0.2) is 0 Å². The van der Waals surface area contributed by atoms with Crippen molar-refractivity contribution in [1.29, 1.82) is 0 Å². The lowest BCUT2D eigenvalue weighted by Crippen LogP contribution is -2.17. The maximum Gasteiger partial charge on any atom is 0.297 e. The highest BCUT2D eigenvalue weighted by atomic mass is 32.1. The van der Waals surface area contributed by atoms with E-state index >= 15 is 0 Å². The van der Waals surface area contributed by atoms with Crippen LogP contribution in [-0.2, 0) is 7.05 Å². The van der Waals surface area contributed by atoms with Crippen molar-refractivity contribution in [2.24, 2.45) is 12.0 Å². The molecule has 0 unspecified atom stereocenters. The second-order valence-corrected chi connectivity index (χ2v) is 7.05. The second-order valence-electron chi connectivity index (χ2n) is 6.04. The van der Waals surface area contributed by atoms with Crippen LogP contribution in [0.4, 0.5) is 0 Å². The summed E-state index contributed by atoms with van der Waals surface area (Å²) in [6.45, 7) is 8.15. The minimum Gasteiger partial charge on any atom is -0.319 e. The lowest BCUT2D eigenvalue weighted by molar-refractivity contribution is 0.0986. The fraction of sp³-hybridized carbons (Fsp3) is 0.353. The Morgan fingerprint density at radius 1 is 1.30 bits per heavy atom. The zero-order valence-corrected chi connectivity index (χ0v) is 14.8. The summed E-state index contributed by atoms with van der Waals surface area (Å²) in [5.41, 5.74) is 4.06. The van der Waals surface area contributed by atoms with E-state index in [9.17, 15) is 4.79 Å². The van der Waals surface area contributed by atoms with Gasteiger partial charge in [0, 0.05) is 19.3 Å². The van der Waals surface area contributed by atoms with Crippen LogP contribution in [0.2, 0.25) is 0 Å². The number of rotatable bonds is 2. The van der Waals surface area contributed by atoms with E-state index < -0.39 is 0 Å². The predicted molar refractivity (Wildman–Crippen MR) is 92.8 cm³/mol. The third-order valence-corrected chi connectivity index (χ3v) is 4.89. The molecule has 0 atom stereocenters. The van der Waals surface area contributed by atoms with Crippen molar-refractivity contribution in [1.82, 2.24) is 14.3 Å². The van der Waals surface area contributed by atoms with Gasteiger partial charge in [-0.1, -0.05) is 17.4 Å². The fourth-order valence-corrected chi connectivity index (χ4v) is 4.02. The standard InChI is InChI=1S/C17H20N4OS/c1-10(2)21-13(6-7-18-21)16(22)19-17-20(5)15-12(4)8-11(3)9-14(15)23-17/h6-10H,1-5H3. The monoisotopic (exact) mass is 328 g/mol. The molecule has 0 spiro atoms. The van der Waals surface area contributed by atoms with Gasteiger partial charge >= 0.3 is 0 Å². The van der Waals surface area contributed by atoms with Gasteiger partial charge in [-0.05, 0) is 51.0 Å². The number of carbonyl (C=O) groups is 1. The fourth-order valence-electron chi connectivity index (χ4n) is 2.83. The zero-order chi connectivity index (χ0) is 16.7. The molecule has 0 saturated carbocycles. The predicted octanol–water partition coefficient (Wildman–Crippen LogP) is 3.38.